The third kappa shape index (κ3) is 4.26. The van der Waals surface area contributed by atoms with Crippen LogP contribution in [0, 0.1) is 5.92 Å². The fraction of sp³-hybridized carbons (Fsp3) is 0.280. The maximum Gasteiger partial charge on any atom is 0.337 e. The maximum atomic E-state index is 13.2. The van der Waals surface area contributed by atoms with Crippen LogP contribution in [0.2, 0.25) is 0 Å². The number of anilines is 1. The molecule has 176 valence electrons. The minimum atomic E-state index is -0.862. The van der Waals surface area contributed by atoms with Gasteiger partial charge in [0.05, 0.1) is 37.1 Å². The molecule has 1 aliphatic rings. The predicted octanol–water partition coefficient (Wildman–Crippen LogP) is 3.74. The van der Waals surface area contributed by atoms with Crippen LogP contribution in [-0.4, -0.2) is 42.2 Å². The van der Waals surface area contributed by atoms with Crippen LogP contribution in [0.4, 0.5) is 5.13 Å². The maximum absolute atomic E-state index is 13.2. The molecule has 2 N–H and O–H groups in total. The average Bonchev–Trinajstić information content (AvgIpc) is 3.33. The van der Waals surface area contributed by atoms with Crippen molar-refractivity contribution in [2.45, 2.75) is 25.4 Å². The van der Waals surface area contributed by atoms with E-state index >= 15 is 0 Å². The van der Waals surface area contributed by atoms with Crippen LogP contribution < -0.4 is 10.6 Å². The quantitative estimate of drug-likeness (QED) is 0.517. The summed E-state index contributed by atoms with van der Waals surface area (Å²) < 4.78 is 10.3. The van der Waals surface area contributed by atoms with Crippen molar-refractivity contribution < 1.29 is 19.1 Å². The van der Waals surface area contributed by atoms with Gasteiger partial charge in [-0.3, -0.25) is 9.78 Å². The molecule has 1 aromatic carbocycles. The second kappa shape index (κ2) is 9.64. The largest absolute Gasteiger partial charge is 0.469 e. The first-order valence-electron chi connectivity index (χ1n) is 10.7. The smallest absolute Gasteiger partial charge is 0.337 e. The summed E-state index contributed by atoms with van der Waals surface area (Å²) in [5.41, 5.74) is 2.65. The zero-order valence-corrected chi connectivity index (χ0v) is 20.2. The van der Waals surface area contributed by atoms with E-state index in [1.54, 1.807) is 19.3 Å². The lowest BCUT2D eigenvalue weighted by atomic mass is 9.70. The molecule has 3 heterocycles. The number of thiazole rings is 1. The van der Waals surface area contributed by atoms with Crippen LogP contribution >= 0.6 is 11.3 Å². The van der Waals surface area contributed by atoms with Gasteiger partial charge in [0.2, 0.25) is 0 Å². The first-order valence-corrected chi connectivity index (χ1v) is 11.6. The molecule has 2 aromatic heterocycles. The van der Waals surface area contributed by atoms with Crippen LogP contribution in [0.25, 0.3) is 11.3 Å². The predicted molar refractivity (Wildman–Crippen MR) is 130 cm³/mol. The lowest BCUT2D eigenvalue weighted by Crippen LogP contribution is -2.60. The van der Waals surface area contributed by atoms with Crippen molar-refractivity contribution in [3.63, 3.8) is 0 Å². The summed E-state index contributed by atoms with van der Waals surface area (Å²) >= 11 is 1.39. The fourth-order valence-corrected chi connectivity index (χ4v) is 5.23. The van der Waals surface area contributed by atoms with Crippen LogP contribution in [0.3, 0.4) is 0 Å². The molecule has 0 saturated carbocycles. The van der Waals surface area contributed by atoms with Crippen LogP contribution in [0.15, 0.2) is 71.5 Å². The van der Waals surface area contributed by atoms with E-state index in [4.69, 9.17) is 14.5 Å². The van der Waals surface area contributed by atoms with Crippen molar-refractivity contribution in [3.05, 3.63) is 77.1 Å². The highest BCUT2D eigenvalue weighted by atomic mass is 32.1. The van der Waals surface area contributed by atoms with Crippen LogP contribution in [0.5, 0.6) is 0 Å². The minimum Gasteiger partial charge on any atom is -0.469 e. The molecule has 3 unspecified atom stereocenters. The zero-order chi connectivity index (χ0) is 24.3. The number of hydrogen-bond donors (Lipinski definition) is 2. The molecular formula is C25H26N4O4S. The molecule has 0 amide bonds. The second-order valence-electron chi connectivity index (χ2n) is 8.12. The Hall–Kier alpha value is -3.72. The van der Waals surface area contributed by atoms with Gasteiger partial charge in [-0.1, -0.05) is 30.3 Å². The number of benzene rings is 1. The van der Waals surface area contributed by atoms with Crippen molar-refractivity contribution in [3.8, 4) is 11.3 Å². The number of methoxy groups -OCH3 is 2. The van der Waals surface area contributed by atoms with Crippen molar-refractivity contribution in [1.82, 2.24) is 15.3 Å². The molecular weight excluding hydrogens is 452 g/mol. The van der Waals surface area contributed by atoms with Crippen molar-refractivity contribution >= 4 is 28.4 Å². The summed E-state index contributed by atoms with van der Waals surface area (Å²) in [5.74, 6) is -1.79. The monoisotopic (exact) mass is 478 g/mol. The molecule has 1 aliphatic heterocycles. The number of nitrogens with zero attached hydrogens (tertiary/aromatic N) is 2. The number of carbonyl (C=O) groups excluding carboxylic acids is 2. The summed E-state index contributed by atoms with van der Waals surface area (Å²) in [7, 11) is 2.67. The van der Waals surface area contributed by atoms with E-state index in [9.17, 15) is 9.59 Å². The van der Waals surface area contributed by atoms with E-state index in [1.165, 1.54) is 25.6 Å². The molecule has 0 spiro atoms. The highest BCUT2D eigenvalue weighted by Gasteiger charge is 2.52. The fourth-order valence-electron chi connectivity index (χ4n) is 4.48. The topological polar surface area (TPSA) is 102 Å². The Morgan fingerprint density at radius 2 is 1.79 bits per heavy atom. The Balaban J connectivity index is 1.82. The highest BCUT2D eigenvalue weighted by Crippen LogP contribution is 2.42. The number of ether oxygens (including phenoxy) is 2. The van der Waals surface area contributed by atoms with Crippen LogP contribution in [0.1, 0.15) is 19.4 Å². The van der Waals surface area contributed by atoms with Gasteiger partial charge in [-0.2, -0.15) is 0 Å². The number of esters is 2. The first-order chi connectivity index (χ1) is 16.4. The number of nitrogens with one attached hydrogen (secondary N) is 2. The van der Waals surface area contributed by atoms with Gasteiger partial charge in [-0.25, -0.2) is 9.78 Å². The highest BCUT2D eigenvalue weighted by molar-refractivity contribution is 7.14. The first kappa shape index (κ1) is 23.4. The number of pyridine rings is 1. The summed E-state index contributed by atoms with van der Waals surface area (Å²) in [5, 5.41) is 9.23. The molecule has 0 radical (unpaired) electrons. The lowest BCUT2D eigenvalue weighted by molar-refractivity contribution is -0.149. The normalized spacial score (nSPS) is 22.0. The molecule has 9 heteroatoms. The molecule has 34 heavy (non-hydrogen) atoms. The van der Waals surface area contributed by atoms with E-state index in [-0.39, 0.29) is 0 Å². The number of carbonyl (C=O) groups is 2. The van der Waals surface area contributed by atoms with Crippen LogP contribution in [-0.2, 0) is 24.6 Å². The van der Waals surface area contributed by atoms with Gasteiger partial charge < -0.3 is 20.1 Å². The standard InChI is InChI=1S/C25H26N4O4S/c1-15-19(22(30)32-3)21(28-24-27-18(14-34-24)16-10-12-26-13-11-16)20(23(31)33-4)25(2,29-15)17-8-6-5-7-9-17/h5-14,20-21,29H,1-4H3,(H,27,28). The van der Waals surface area contributed by atoms with Gasteiger partial charge >= 0.3 is 11.9 Å². The Morgan fingerprint density at radius 1 is 1.09 bits per heavy atom. The summed E-state index contributed by atoms with van der Waals surface area (Å²) in [6, 6.07) is 12.6. The van der Waals surface area contributed by atoms with Gasteiger partial charge in [-0.05, 0) is 31.5 Å². The van der Waals surface area contributed by atoms with Gasteiger partial charge in [0, 0.05) is 29.0 Å². The average molecular weight is 479 g/mol. The van der Waals surface area contributed by atoms with Crippen molar-refractivity contribution in [2.24, 2.45) is 5.92 Å². The molecule has 0 aliphatic carbocycles. The second-order valence-corrected chi connectivity index (χ2v) is 8.98. The Bertz CT molecular complexity index is 1210. The summed E-state index contributed by atoms with van der Waals surface area (Å²) in [6.07, 6.45) is 3.41. The number of rotatable bonds is 6. The molecule has 3 aromatic rings. The molecule has 0 bridgehead atoms. The SMILES string of the molecule is COC(=O)C1=C(C)NC(C)(c2ccccc2)C(C(=O)OC)C1Nc1nc(-c2ccncc2)cs1. The molecule has 0 fully saturated rings. The van der Waals surface area contributed by atoms with Gasteiger partial charge in [-0.15, -0.1) is 11.3 Å². The van der Waals surface area contributed by atoms with E-state index in [0.717, 1.165) is 16.8 Å². The lowest BCUT2D eigenvalue weighted by Gasteiger charge is -2.46. The zero-order valence-electron chi connectivity index (χ0n) is 19.4. The van der Waals surface area contributed by atoms with E-state index in [1.807, 2.05) is 54.8 Å². The molecule has 0 saturated heterocycles. The Labute approximate surface area is 202 Å². The number of aromatic nitrogens is 2. The third-order valence-corrected chi connectivity index (χ3v) is 6.88. The van der Waals surface area contributed by atoms with Gasteiger partial charge in [0.25, 0.3) is 0 Å². The molecule has 3 atom stereocenters. The minimum absolute atomic E-state index is 0.326. The Morgan fingerprint density at radius 3 is 2.44 bits per heavy atom. The van der Waals surface area contributed by atoms with E-state index in [0.29, 0.717) is 16.4 Å². The van der Waals surface area contributed by atoms with E-state index < -0.39 is 29.4 Å². The summed E-state index contributed by atoms with van der Waals surface area (Å²) in [4.78, 5) is 34.9. The number of hydrogen-bond acceptors (Lipinski definition) is 9. The van der Waals surface area contributed by atoms with E-state index in [2.05, 4.69) is 15.6 Å². The number of allylic oxidation sites excluding steroid dienone is 1. The van der Waals surface area contributed by atoms with Gasteiger partial charge in [0.15, 0.2) is 5.13 Å². The van der Waals surface area contributed by atoms with Crippen molar-refractivity contribution in [1.29, 1.82) is 0 Å². The van der Waals surface area contributed by atoms with Crippen molar-refractivity contribution in [2.75, 3.05) is 19.5 Å². The third-order valence-electron chi connectivity index (χ3n) is 6.11. The molecule has 4 rings (SSSR count). The summed E-state index contributed by atoms with van der Waals surface area (Å²) in [6.45, 7) is 3.74. The van der Waals surface area contributed by atoms with Gasteiger partial charge in [0.1, 0.15) is 5.92 Å². The molecule has 8 nitrogen and oxygen atoms in total. The Kier molecular flexibility index (Phi) is 6.65.